The SMILES string of the molecule is CON(C)C(=O)[C@@H]1C[C@H]1c1ccc2[nH]ccc2c1. The number of hydrogen-bond donors (Lipinski definition) is 1. The molecule has 1 amide bonds. The number of rotatable bonds is 3. The largest absolute Gasteiger partial charge is 0.361 e. The highest BCUT2D eigenvalue weighted by Gasteiger charge is 2.45. The third kappa shape index (κ3) is 1.78. The quantitative estimate of drug-likeness (QED) is 0.842. The first kappa shape index (κ1) is 11.3. The summed E-state index contributed by atoms with van der Waals surface area (Å²) >= 11 is 0. The molecule has 0 bridgehead atoms. The maximum atomic E-state index is 11.9. The van der Waals surface area contributed by atoms with Gasteiger partial charge in [-0.25, -0.2) is 5.06 Å². The van der Waals surface area contributed by atoms with Crippen LogP contribution < -0.4 is 0 Å². The molecule has 1 fully saturated rings. The molecule has 18 heavy (non-hydrogen) atoms. The van der Waals surface area contributed by atoms with Gasteiger partial charge in [-0.3, -0.25) is 9.63 Å². The summed E-state index contributed by atoms with van der Waals surface area (Å²) < 4.78 is 0. The summed E-state index contributed by atoms with van der Waals surface area (Å²) in [6, 6.07) is 8.39. The van der Waals surface area contributed by atoms with Crippen LogP contribution in [0.15, 0.2) is 30.5 Å². The van der Waals surface area contributed by atoms with Crippen molar-refractivity contribution in [1.82, 2.24) is 10.0 Å². The number of carbonyl (C=O) groups excluding carboxylic acids is 1. The van der Waals surface area contributed by atoms with Crippen molar-refractivity contribution in [3.63, 3.8) is 0 Å². The van der Waals surface area contributed by atoms with Crippen molar-refractivity contribution >= 4 is 16.8 Å². The van der Waals surface area contributed by atoms with E-state index in [2.05, 4.69) is 29.2 Å². The van der Waals surface area contributed by atoms with Gasteiger partial charge in [-0.05, 0) is 41.5 Å². The second-order valence-electron chi connectivity index (χ2n) is 4.79. The van der Waals surface area contributed by atoms with Crippen molar-refractivity contribution in [1.29, 1.82) is 0 Å². The highest BCUT2D eigenvalue weighted by molar-refractivity contribution is 5.84. The van der Waals surface area contributed by atoms with Crippen LogP contribution in [0.2, 0.25) is 0 Å². The number of hydrogen-bond acceptors (Lipinski definition) is 2. The molecule has 2 atom stereocenters. The van der Waals surface area contributed by atoms with Crippen molar-refractivity contribution in [3.8, 4) is 0 Å². The number of aromatic amines is 1. The Labute approximate surface area is 105 Å². The zero-order chi connectivity index (χ0) is 12.7. The predicted octanol–water partition coefficient (Wildman–Crippen LogP) is 2.29. The van der Waals surface area contributed by atoms with Gasteiger partial charge in [-0.1, -0.05) is 6.07 Å². The van der Waals surface area contributed by atoms with E-state index in [1.54, 1.807) is 7.05 Å². The van der Waals surface area contributed by atoms with Gasteiger partial charge in [-0.2, -0.15) is 0 Å². The molecule has 1 aromatic carbocycles. The first-order valence-electron chi connectivity index (χ1n) is 6.09. The maximum Gasteiger partial charge on any atom is 0.249 e. The molecular weight excluding hydrogens is 228 g/mol. The highest BCUT2D eigenvalue weighted by atomic mass is 16.7. The molecule has 1 aromatic heterocycles. The first-order valence-corrected chi connectivity index (χ1v) is 6.09. The Morgan fingerprint density at radius 2 is 2.28 bits per heavy atom. The summed E-state index contributed by atoms with van der Waals surface area (Å²) in [5, 5.41) is 2.52. The molecule has 1 heterocycles. The molecule has 0 spiro atoms. The monoisotopic (exact) mass is 244 g/mol. The second-order valence-corrected chi connectivity index (χ2v) is 4.79. The molecule has 3 rings (SSSR count). The minimum absolute atomic E-state index is 0.0664. The summed E-state index contributed by atoms with van der Waals surface area (Å²) in [7, 11) is 3.17. The fourth-order valence-corrected chi connectivity index (χ4v) is 2.46. The van der Waals surface area contributed by atoms with E-state index >= 15 is 0 Å². The van der Waals surface area contributed by atoms with Gasteiger partial charge >= 0.3 is 0 Å². The van der Waals surface area contributed by atoms with E-state index in [9.17, 15) is 4.79 Å². The summed E-state index contributed by atoms with van der Waals surface area (Å²) in [6.45, 7) is 0. The minimum Gasteiger partial charge on any atom is -0.361 e. The van der Waals surface area contributed by atoms with Gasteiger partial charge in [0.15, 0.2) is 0 Å². The molecule has 4 nitrogen and oxygen atoms in total. The Bertz CT molecular complexity index is 590. The van der Waals surface area contributed by atoms with Gasteiger partial charge in [-0.15, -0.1) is 0 Å². The fourth-order valence-electron chi connectivity index (χ4n) is 2.46. The number of nitrogens with one attached hydrogen (secondary N) is 1. The molecule has 94 valence electrons. The van der Waals surface area contributed by atoms with Crippen LogP contribution in [-0.4, -0.2) is 30.1 Å². The molecule has 4 heteroatoms. The zero-order valence-corrected chi connectivity index (χ0v) is 10.5. The molecule has 2 aromatic rings. The number of hydroxylamine groups is 2. The van der Waals surface area contributed by atoms with Crippen LogP contribution in [-0.2, 0) is 9.63 Å². The van der Waals surface area contributed by atoms with Gasteiger partial charge in [0.05, 0.1) is 7.11 Å². The third-order valence-electron chi connectivity index (χ3n) is 3.70. The van der Waals surface area contributed by atoms with Crippen LogP contribution in [0.3, 0.4) is 0 Å². The lowest BCUT2D eigenvalue weighted by Gasteiger charge is -2.13. The third-order valence-corrected chi connectivity index (χ3v) is 3.70. The lowest BCUT2D eigenvalue weighted by Crippen LogP contribution is -2.27. The summed E-state index contributed by atoms with van der Waals surface area (Å²) in [5.41, 5.74) is 2.38. The number of benzene rings is 1. The van der Waals surface area contributed by atoms with Crippen molar-refractivity contribution in [2.45, 2.75) is 12.3 Å². The molecular formula is C14H16N2O2. The fraction of sp³-hybridized carbons (Fsp3) is 0.357. The van der Waals surface area contributed by atoms with Crippen LogP contribution >= 0.6 is 0 Å². The predicted molar refractivity (Wildman–Crippen MR) is 68.9 cm³/mol. The van der Waals surface area contributed by atoms with E-state index in [1.807, 2.05) is 6.20 Å². The molecule has 1 N–H and O–H groups in total. The smallest absolute Gasteiger partial charge is 0.249 e. The van der Waals surface area contributed by atoms with Crippen LogP contribution in [0.25, 0.3) is 10.9 Å². The summed E-state index contributed by atoms with van der Waals surface area (Å²) in [6.07, 6.45) is 2.85. The van der Waals surface area contributed by atoms with Gasteiger partial charge < -0.3 is 4.98 Å². The van der Waals surface area contributed by atoms with Gasteiger partial charge in [0, 0.05) is 24.7 Å². The molecule has 1 aliphatic rings. The molecule has 1 aliphatic carbocycles. The molecule has 0 saturated heterocycles. The van der Waals surface area contributed by atoms with Crippen molar-refractivity contribution < 1.29 is 9.63 Å². The minimum atomic E-state index is 0.0664. The highest BCUT2D eigenvalue weighted by Crippen LogP contribution is 2.48. The zero-order valence-electron chi connectivity index (χ0n) is 10.5. The lowest BCUT2D eigenvalue weighted by molar-refractivity contribution is -0.170. The Balaban J connectivity index is 1.79. The van der Waals surface area contributed by atoms with E-state index in [1.165, 1.54) is 23.1 Å². The number of amides is 1. The van der Waals surface area contributed by atoms with Crippen LogP contribution in [0.5, 0.6) is 0 Å². The Hall–Kier alpha value is -1.81. The number of fused-ring (bicyclic) bond motifs is 1. The first-order chi connectivity index (χ1) is 8.70. The normalized spacial score (nSPS) is 22.1. The van der Waals surface area contributed by atoms with Crippen molar-refractivity contribution in [2.24, 2.45) is 5.92 Å². The standard InChI is InChI=1S/C14H16N2O2/c1-16(18-2)14(17)12-8-11(12)9-3-4-13-10(7-9)5-6-15-13/h3-7,11-12,15H,8H2,1-2H3/t11-,12+/m0/s1. The number of nitrogens with zero attached hydrogens (tertiary/aromatic N) is 1. The molecule has 0 radical (unpaired) electrons. The topological polar surface area (TPSA) is 45.3 Å². The molecule has 0 unspecified atom stereocenters. The Morgan fingerprint density at radius 3 is 3.06 bits per heavy atom. The Kier molecular flexibility index (Phi) is 2.59. The molecule has 1 saturated carbocycles. The van der Waals surface area contributed by atoms with Gasteiger partial charge in [0.2, 0.25) is 5.91 Å². The van der Waals surface area contributed by atoms with E-state index < -0.39 is 0 Å². The second kappa shape index (κ2) is 4.14. The van der Waals surface area contributed by atoms with E-state index in [0.717, 1.165) is 11.9 Å². The van der Waals surface area contributed by atoms with Gasteiger partial charge in [0.25, 0.3) is 0 Å². The average Bonchev–Trinajstić information content (AvgIpc) is 3.06. The van der Waals surface area contributed by atoms with Crippen molar-refractivity contribution in [3.05, 3.63) is 36.0 Å². The van der Waals surface area contributed by atoms with Crippen LogP contribution in [0, 0.1) is 5.92 Å². The average molecular weight is 244 g/mol. The van der Waals surface area contributed by atoms with Crippen molar-refractivity contribution in [2.75, 3.05) is 14.2 Å². The van der Waals surface area contributed by atoms with E-state index in [0.29, 0.717) is 5.92 Å². The van der Waals surface area contributed by atoms with Crippen LogP contribution in [0.1, 0.15) is 17.9 Å². The van der Waals surface area contributed by atoms with E-state index in [4.69, 9.17) is 4.84 Å². The maximum absolute atomic E-state index is 11.9. The van der Waals surface area contributed by atoms with E-state index in [-0.39, 0.29) is 11.8 Å². The number of H-pyrrole nitrogens is 1. The summed E-state index contributed by atoms with van der Waals surface area (Å²) in [5.74, 6) is 0.484. The lowest BCUT2D eigenvalue weighted by atomic mass is 10.1. The summed E-state index contributed by atoms with van der Waals surface area (Å²) in [4.78, 5) is 20.0. The van der Waals surface area contributed by atoms with Crippen LogP contribution in [0.4, 0.5) is 0 Å². The number of aromatic nitrogens is 1. The Morgan fingerprint density at radius 1 is 1.44 bits per heavy atom. The van der Waals surface area contributed by atoms with Gasteiger partial charge in [0.1, 0.15) is 0 Å². The molecule has 0 aliphatic heterocycles. The number of carbonyl (C=O) groups is 1.